The van der Waals surface area contributed by atoms with Gasteiger partial charge in [-0.25, -0.2) is 5.43 Å². The third-order valence-corrected chi connectivity index (χ3v) is 4.82. The normalized spacial score (nSPS) is 10.8. The van der Waals surface area contributed by atoms with Crippen LogP contribution in [-0.4, -0.2) is 30.9 Å². The average molecular weight is 440 g/mol. The smallest absolute Gasteiger partial charge is 0.276 e. The topological polar surface area (TPSA) is 81.9 Å². The van der Waals surface area contributed by atoms with Gasteiger partial charge in [0.1, 0.15) is 5.56 Å². The first kappa shape index (κ1) is 22.1. The van der Waals surface area contributed by atoms with Gasteiger partial charge in [0.25, 0.3) is 11.5 Å². The Balaban J connectivity index is 1.75. The Morgan fingerprint density at radius 2 is 1.97 bits per heavy atom. The Labute approximate surface area is 184 Å². The number of halogens is 1. The lowest BCUT2D eigenvalue weighted by atomic mass is 10.1. The summed E-state index contributed by atoms with van der Waals surface area (Å²) >= 11 is 6.17. The van der Waals surface area contributed by atoms with Crippen molar-refractivity contribution in [1.29, 1.82) is 0 Å². The van der Waals surface area contributed by atoms with Crippen LogP contribution < -0.4 is 20.5 Å². The molecule has 0 fully saturated rings. The molecule has 2 aromatic carbocycles. The quantitative estimate of drug-likeness (QED) is 0.450. The van der Waals surface area contributed by atoms with Crippen molar-refractivity contribution < 1.29 is 14.3 Å². The van der Waals surface area contributed by atoms with E-state index in [4.69, 9.17) is 21.1 Å². The first-order chi connectivity index (χ1) is 14.9. The molecule has 0 aliphatic carbocycles. The van der Waals surface area contributed by atoms with Crippen LogP contribution in [0.1, 0.15) is 27.0 Å². The number of rotatable bonds is 7. The number of carbonyl (C=O) groups excluding carboxylic acids is 1. The van der Waals surface area contributed by atoms with E-state index in [1.807, 2.05) is 31.2 Å². The van der Waals surface area contributed by atoms with E-state index < -0.39 is 11.5 Å². The van der Waals surface area contributed by atoms with Gasteiger partial charge in [-0.05, 0) is 42.3 Å². The number of hydrogen-bond acceptors (Lipinski definition) is 5. The molecule has 0 saturated carbocycles. The van der Waals surface area contributed by atoms with Crippen molar-refractivity contribution in [2.24, 2.45) is 5.10 Å². The summed E-state index contributed by atoms with van der Waals surface area (Å²) < 4.78 is 11.9. The fraction of sp³-hybridized carbons (Fsp3) is 0.174. The minimum atomic E-state index is -0.605. The summed E-state index contributed by atoms with van der Waals surface area (Å²) in [6.45, 7) is 2.36. The van der Waals surface area contributed by atoms with Gasteiger partial charge >= 0.3 is 0 Å². The van der Waals surface area contributed by atoms with E-state index >= 15 is 0 Å². The van der Waals surface area contributed by atoms with Gasteiger partial charge in [-0.3, -0.25) is 9.59 Å². The molecule has 1 heterocycles. The minimum absolute atomic E-state index is 0.00218. The number of hydrazone groups is 1. The molecule has 0 saturated heterocycles. The number of nitrogens with one attached hydrogen (secondary N) is 1. The molecule has 31 heavy (non-hydrogen) atoms. The van der Waals surface area contributed by atoms with Crippen molar-refractivity contribution in [2.45, 2.75) is 13.5 Å². The van der Waals surface area contributed by atoms with Crippen LogP contribution in [0.4, 0.5) is 0 Å². The molecule has 0 aliphatic heterocycles. The van der Waals surface area contributed by atoms with Gasteiger partial charge in [-0.1, -0.05) is 41.4 Å². The van der Waals surface area contributed by atoms with Gasteiger partial charge in [-0.15, -0.1) is 0 Å². The molecule has 1 aromatic heterocycles. The van der Waals surface area contributed by atoms with Crippen LogP contribution in [0.15, 0.2) is 64.6 Å². The fourth-order valence-corrected chi connectivity index (χ4v) is 3.38. The number of ether oxygens (including phenoxy) is 2. The van der Waals surface area contributed by atoms with Crippen molar-refractivity contribution >= 4 is 23.7 Å². The van der Waals surface area contributed by atoms with E-state index in [2.05, 4.69) is 10.5 Å². The van der Waals surface area contributed by atoms with Crippen LogP contribution in [-0.2, 0) is 6.54 Å². The standard InChI is InChI=1S/C23H22ClN3O4/c1-15-6-4-7-16(10-15)14-27-9-5-8-18(23(27)29)22(28)26-25-13-17-11-19(24)21(31-3)20(12-17)30-2/h4-13H,14H2,1-3H3,(H,26,28)/b25-13-. The molecule has 8 heteroatoms. The number of aromatic nitrogens is 1. The molecule has 1 N–H and O–H groups in total. The molecule has 3 rings (SSSR count). The molecule has 0 spiro atoms. The first-order valence-corrected chi connectivity index (χ1v) is 9.80. The Morgan fingerprint density at radius 1 is 1.16 bits per heavy atom. The van der Waals surface area contributed by atoms with Gasteiger partial charge in [0.2, 0.25) is 0 Å². The summed E-state index contributed by atoms with van der Waals surface area (Å²) in [7, 11) is 2.98. The van der Waals surface area contributed by atoms with Crippen molar-refractivity contribution in [3.05, 3.63) is 92.4 Å². The highest BCUT2D eigenvalue weighted by molar-refractivity contribution is 6.32. The Kier molecular flexibility index (Phi) is 7.10. The molecule has 0 unspecified atom stereocenters. The molecule has 7 nitrogen and oxygen atoms in total. The second kappa shape index (κ2) is 9.95. The van der Waals surface area contributed by atoms with Crippen LogP contribution >= 0.6 is 11.6 Å². The van der Waals surface area contributed by atoms with Gasteiger partial charge in [0.05, 0.1) is 32.0 Å². The van der Waals surface area contributed by atoms with Crippen molar-refractivity contribution in [1.82, 2.24) is 9.99 Å². The molecule has 160 valence electrons. The minimum Gasteiger partial charge on any atom is -0.493 e. The number of hydrogen-bond donors (Lipinski definition) is 1. The average Bonchev–Trinajstić information content (AvgIpc) is 2.74. The molecule has 3 aromatic rings. The van der Waals surface area contributed by atoms with E-state index in [1.165, 1.54) is 31.1 Å². The van der Waals surface area contributed by atoms with Crippen LogP contribution in [0.5, 0.6) is 11.5 Å². The van der Waals surface area contributed by atoms with Crippen molar-refractivity contribution in [3.63, 3.8) is 0 Å². The maximum absolute atomic E-state index is 12.7. The molecule has 0 aliphatic rings. The van der Waals surface area contributed by atoms with E-state index in [0.29, 0.717) is 28.6 Å². The second-order valence-corrected chi connectivity index (χ2v) is 7.19. The molecular formula is C23H22ClN3O4. The van der Waals surface area contributed by atoms with Crippen LogP contribution in [0, 0.1) is 6.92 Å². The number of benzene rings is 2. The van der Waals surface area contributed by atoms with E-state index in [9.17, 15) is 9.59 Å². The number of nitrogens with zero attached hydrogens (tertiary/aromatic N) is 2. The largest absolute Gasteiger partial charge is 0.493 e. The summed E-state index contributed by atoms with van der Waals surface area (Å²) in [5.74, 6) is 0.236. The number of aryl methyl sites for hydroxylation is 1. The lowest BCUT2D eigenvalue weighted by Gasteiger charge is -2.10. The molecule has 0 radical (unpaired) electrons. The van der Waals surface area contributed by atoms with E-state index in [0.717, 1.165) is 11.1 Å². The highest BCUT2D eigenvalue weighted by atomic mass is 35.5. The molecule has 1 amide bonds. The van der Waals surface area contributed by atoms with Crippen molar-refractivity contribution in [2.75, 3.05) is 14.2 Å². The Hall–Kier alpha value is -3.58. The summed E-state index contributed by atoms with van der Waals surface area (Å²) in [6.07, 6.45) is 3.05. The maximum atomic E-state index is 12.7. The zero-order chi connectivity index (χ0) is 22.4. The molecular weight excluding hydrogens is 418 g/mol. The highest BCUT2D eigenvalue weighted by Gasteiger charge is 2.13. The SMILES string of the molecule is COc1cc(/C=N\NC(=O)c2cccn(Cc3cccc(C)c3)c2=O)cc(Cl)c1OC. The number of amides is 1. The van der Waals surface area contributed by atoms with Crippen molar-refractivity contribution in [3.8, 4) is 11.5 Å². The third kappa shape index (κ3) is 5.32. The molecule has 0 bridgehead atoms. The van der Waals surface area contributed by atoms with Gasteiger partial charge in [0, 0.05) is 6.20 Å². The Morgan fingerprint density at radius 3 is 2.68 bits per heavy atom. The summed E-state index contributed by atoms with van der Waals surface area (Å²) in [6, 6.07) is 14.3. The Bertz CT molecular complexity index is 1190. The fourth-order valence-electron chi connectivity index (χ4n) is 3.08. The number of methoxy groups -OCH3 is 2. The lowest BCUT2D eigenvalue weighted by Crippen LogP contribution is -2.30. The molecule has 0 atom stereocenters. The summed E-state index contributed by atoms with van der Waals surface area (Å²) in [5, 5.41) is 4.27. The zero-order valence-corrected chi connectivity index (χ0v) is 18.1. The zero-order valence-electron chi connectivity index (χ0n) is 17.4. The predicted octanol–water partition coefficient (Wildman–Crippen LogP) is 3.64. The van der Waals surface area contributed by atoms with Crippen LogP contribution in [0.25, 0.3) is 0 Å². The van der Waals surface area contributed by atoms with Gasteiger partial charge in [0.15, 0.2) is 11.5 Å². The summed E-state index contributed by atoms with van der Waals surface area (Å²) in [5.41, 5.74) is 4.64. The summed E-state index contributed by atoms with van der Waals surface area (Å²) in [4.78, 5) is 25.2. The monoisotopic (exact) mass is 439 g/mol. The number of carbonyl (C=O) groups is 1. The highest BCUT2D eigenvalue weighted by Crippen LogP contribution is 2.35. The van der Waals surface area contributed by atoms with E-state index in [-0.39, 0.29) is 5.56 Å². The van der Waals surface area contributed by atoms with Crippen LogP contribution in [0.3, 0.4) is 0 Å². The third-order valence-electron chi connectivity index (χ3n) is 4.54. The van der Waals surface area contributed by atoms with Gasteiger partial charge < -0.3 is 14.0 Å². The maximum Gasteiger partial charge on any atom is 0.276 e. The number of pyridine rings is 1. The lowest BCUT2D eigenvalue weighted by molar-refractivity contribution is 0.0953. The second-order valence-electron chi connectivity index (χ2n) is 6.78. The van der Waals surface area contributed by atoms with E-state index in [1.54, 1.807) is 24.4 Å². The predicted molar refractivity (Wildman–Crippen MR) is 121 cm³/mol. The van der Waals surface area contributed by atoms with Crippen LogP contribution in [0.2, 0.25) is 5.02 Å². The van der Waals surface area contributed by atoms with Gasteiger partial charge in [-0.2, -0.15) is 5.10 Å². The first-order valence-electron chi connectivity index (χ1n) is 9.43.